The summed E-state index contributed by atoms with van der Waals surface area (Å²) in [4.78, 5) is 3.77. The van der Waals surface area contributed by atoms with Gasteiger partial charge in [-0.2, -0.15) is 4.99 Å². The molecule has 3 heteroatoms. The Labute approximate surface area is 70.2 Å². The second kappa shape index (κ2) is 3.98. The van der Waals surface area contributed by atoms with Crippen molar-refractivity contribution in [2.24, 2.45) is 4.99 Å². The molecule has 0 spiro atoms. The number of rotatable bonds is 2. The zero-order chi connectivity index (χ0) is 8.10. The van der Waals surface area contributed by atoms with Crippen molar-refractivity contribution in [1.29, 1.82) is 0 Å². The van der Waals surface area contributed by atoms with Crippen molar-refractivity contribution in [3.63, 3.8) is 0 Å². The van der Waals surface area contributed by atoms with Crippen LogP contribution in [0.2, 0.25) is 0 Å². The standard InChI is InChI=1S/C8H7NOS/c10-5-7-1-3-8(4-2-7)9-6-11/h1-4,10H,5H2. The van der Waals surface area contributed by atoms with E-state index in [9.17, 15) is 0 Å². The van der Waals surface area contributed by atoms with E-state index in [2.05, 4.69) is 22.4 Å². The fourth-order valence-electron chi connectivity index (χ4n) is 0.729. The molecule has 0 aromatic heterocycles. The van der Waals surface area contributed by atoms with E-state index in [-0.39, 0.29) is 6.61 Å². The second-order valence-corrected chi connectivity index (χ2v) is 2.21. The van der Waals surface area contributed by atoms with Gasteiger partial charge in [-0.05, 0) is 29.9 Å². The quantitative estimate of drug-likeness (QED) is 0.536. The highest BCUT2D eigenvalue weighted by molar-refractivity contribution is 7.78. The molecule has 0 aliphatic rings. The van der Waals surface area contributed by atoms with Crippen LogP contribution in [-0.4, -0.2) is 10.3 Å². The maximum absolute atomic E-state index is 8.69. The van der Waals surface area contributed by atoms with Crippen molar-refractivity contribution in [2.45, 2.75) is 6.61 Å². The van der Waals surface area contributed by atoms with Gasteiger partial charge < -0.3 is 5.11 Å². The summed E-state index contributed by atoms with van der Waals surface area (Å²) in [7, 11) is 0. The summed E-state index contributed by atoms with van der Waals surface area (Å²) in [6, 6.07) is 7.16. The largest absolute Gasteiger partial charge is 0.392 e. The molecule has 1 N–H and O–H groups in total. The molecule has 2 nitrogen and oxygen atoms in total. The van der Waals surface area contributed by atoms with Gasteiger partial charge in [0.2, 0.25) is 0 Å². The molecule has 0 saturated heterocycles. The van der Waals surface area contributed by atoms with E-state index in [1.807, 2.05) is 0 Å². The molecule has 0 aliphatic carbocycles. The average molecular weight is 165 g/mol. The maximum Gasteiger partial charge on any atom is 0.0739 e. The normalized spacial score (nSPS) is 8.82. The molecule has 1 rings (SSSR count). The Balaban J connectivity index is 2.91. The molecule has 1 aromatic carbocycles. The fraction of sp³-hybridized carbons (Fsp3) is 0.125. The molecule has 0 saturated carbocycles. The van der Waals surface area contributed by atoms with Gasteiger partial charge in [-0.3, -0.25) is 0 Å². The van der Waals surface area contributed by atoms with E-state index in [1.165, 1.54) is 0 Å². The smallest absolute Gasteiger partial charge is 0.0739 e. The van der Waals surface area contributed by atoms with Crippen LogP contribution in [0.1, 0.15) is 5.56 Å². The lowest BCUT2D eigenvalue weighted by Crippen LogP contribution is -1.79. The van der Waals surface area contributed by atoms with Gasteiger partial charge in [-0.15, -0.1) is 0 Å². The average Bonchev–Trinajstić information content (AvgIpc) is 2.07. The number of nitrogens with zero attached hydrogens (tertiary/aromatic N) is 1. The first kappa shape index (κ1) is 8.08. The van der Waals surface area contributed by atoms with Crippen LogP contribution >= 0.6 is 12.2 Å². The lowest BCUT2D eigenvalue weighted by atomic mass is 10.2. The van der Waals surface area contributed by atoms with Gasteiger partial charge in [-0.25, -0.2) is 0 Å². The predicted octanol–water partition coefficient (Wildman–Crippen LogP) is 1.91. The van der Waals surface area contributed by atoms with Crippen molar-refractivity contribution in [3.8, 4) is 0 Å². The van der Waals surface area contributed by atoms with Gasteiger partial charge in [0.05, 0.1) is 17.5 Å². The zero-order valence-electron chi connectivity index (χ0n) is 5.82. The van der Waals surface area contributed by atoms with Gasteiger partial charge in [0.1, 0.15) is 0 Å². The Hall–Kier alpha value is -1.02. The van der Waals surface area contributed by atoms with Crippen LogP contribution in [0.15, 0.2) is 29.3 Å². The third kappa shape index (κ3) is 2.24. The number of hydrogen-bond donors (Lipinski definition) is 1. The lowest BCUT2D eigenvalue weighted by molar-refractivity contribution is 0.282. The van der Waals surface area contributed by atoms with Crippen LogP contribution in [0.3, 0.4) is 0 Å². The number of isothiocyanates is 1. The van der Waals surface area contributed by atoms with Crippen LogP contribution in [0, 0.1) is 0 Å². The van der Waals surface area contributed by atoms with Crippen LogP contribution in [0.4, 0.5) is 5.69 Å². The Morgan fingerprint density at radius 3 is 2.45 bits per heavy atom. The zero-order valence-corrected chi connectivity index (χ0v) is 6.64. The minimum atomic E-state index is 0.0571. The third-order valence-electron chi connectivity index (χ3n) is 1.29. The molecule has 0 heterocycles. The highest BCUT2D eigenvalue weighted by atomic mass is 32.1. The van der Waals surface area contributed by atoms with Crippen molar-refractivity contribution >= 4 is 23.1 Å². The van der Waals surface area contributed by atoms with E-state index < -0.39 is 0 Å². The molecule has 0 aliphatic heterocycles. The Kier molecular flexibility index (Phi) is 2.93. The second-order valence-electron chi connectivity index (χ2n) is 2.03. The van der Waals surface area contributed by atoms with Crippen molar-refractivity contribution in [3.05, 3.63) is 29.8 Å². The monoisotopic (exact) mass is 165 g/mol. The number of hydrogen-bond acceptors (Lipinski definition) is 3. The van der Waals surface area contributed by atoms with Crippen LogP contribution < -0.4 is 0 Å². The van der Waals surface area contributed by atoms with Gasteiger partial charge >= 0.3 is 0 Å². The number of aliphatic hydroxyl groups is 1. The van der Waals surface area contributed by atoms with Crippen LogP contribution in [0.25, 0.3) is 0 Å². The van der Waals surface area contributed by atoms with E-state index in [0.717, 1.165) is 11.3 Å². The van der Waals surface area contributed by atoms with E-state index >= 15 is 0 Å². The molecular formula is C8H7NOS. The summed E-state index contributed by atoms with van der Waals surface area (Å²) in [5, 5.41) is 11.0. The number of thiocarbonyl (C=S) groups is 1. The summed E-state index contributed by atoms with van der Waals surface area (Å²) in [6.45, 7) is 0.0571. The maximum atomic E-state index is 8.69. The predicted molar refractivity (Wildman–Crippen MR) is 47.1 cm³/mol. The molecule has 0 radical (unpaired) electrons. The fourth-order valence-corrected chi connectivity index (χ4v) is 0.834. The molecular weight excluding hydrogens is 158 g/mol. The van der Waals surface area contributed by atoms with Gasteiger partial charge in [0.25, 0.3) is 0 Å². The SMILES string of the molecule is OCc1ccc(N=C=S)cc1. The number of aliphatic hydroxyl groups excluding tert-OH is 1. The van der Waals surface area contributed by atoms with Gasteiger partial charge in [0, 0.05) is 0 Å². The van der Waals surface area contributed by atoms with Gasteiger partial charge in [-0.1, -0.05) is 12.1 Å². The topological polar surface area (TPSA) is 32.6 Å². The summed E-state index contributed by atoms with van der Waals surface area (Å²) in [5.74, 6) is 0. The molecule has 56 valence electrons. The van der Waals surface area contributed by atoms with Gasteiger partial charge in [0.15, 0.2) is 0 Å². The molecule has 0 bridgehead atoms. The molecule has 0 atom stereocenters. The number of benzene rings is 1. The van der Waals surface area contributed by atoms with Crippen molar-refractivity contribution in [1.82, 2.24) is 0 Å². The first-order valence-electron chi connectivity index (χ1n) is 3.14. The molecule has 11 heavy (non-hydrogen) atoms. The molecule has 1 aromatic rings. The molecule has 0 fully saturated rings. The summed E-state index contributed by atoms with van der Waals surface area (Å²) >= 11 is 4.43. The summed E-state index contributed by atoms with van der Waals surface area (Å²) in [6.07, 6.45) is 0. The molecule has 0 amide bonds. The van der Waals surface area contributed by atoms with E-state index in [4.69, 9.17) is 5.11 Å². The summed E-state index contributed by atoms with van der Waals surface area (Å²) < 4.78 is 0. The van der Waals surface area contributed by atoms with E-state index in [0.29, 0.717) is 0 Å². The van der Waals surface area contributed by atoms with Crippen LogP contribution in [0.5, 0.6) is 0 Å². The first-order chi connectivity index (χ1) is 5.36. The highest BCUT2D eigenvalue weighted by Gasteiger charge is 1.89. The number of aliphatic imine (C=N–C) groups is 1. The summed E-state index contributed by atoms with van der Waals surface area (Å²) in [5.41, 5.74) is 1.63. The minimum Gasteiger partial charge on any atom is -0.392 e. The van der Waals surface area contributed by atoms with Crippen molar-refractivity contribution in [2.75, 3.05) is 0 Å². The van der Waals surface area contributed by atoms with E-state index in [1.54, 1.807) is 24.3 Å². The molecule has 0 unspecified atom stereocenters. The highest BCUT2D eigenvalue weighted by Crippen LogP contribution is 2.11. The Morgan fingerprint density at radius 1 is 1.36 bits per heavy atom. The minimum absolute atomic E-state index is 0.0571. The lowest BCUT2D eigenvalue weighted by Gasteiger charge is -1.93. The first-order valence-corrected chi connectivity index (χ1v) is 3.55. The Bertz CT molecular complexity index is 275. The Morgan fingerprint density at radius 2 is 2.00 bits per heavy atom. The van der Waals surface area contributed by atoms with Crippen molar-refractivity contribution < 1.29 is 5.11 Å². The van der Waals surface area contributed by atoms with Crippen LogP contribution in [-0.2, 0) is 6.61 Å². The third-order valence-corrected chi connectivity index (χ3v) is 1.38.